The van der Waals surface area contributed by atoms with E-state index >= 15 is 0 Å². The Morgan fingerprint density at radius 3 is 2.05 bits per heavy atom. The third kappa shape index (κ3) is 3.10. The van der Waals surface area contributed by atoms with Gasteiger partial charge in [0.25, 0.3) is 0 Å². The normalized spacial score (nSPS) is 12.1. The molecule has 112 valence electrons. The van der Waals surface area contributed by atoms with E-state index in [1.807, 2.05) is 13.0 Å². The third-order valence-corrected chi connectivity index (χ3v) is 4.00. The number of aryl methyl sites for hydroxylation is 1. The highest BCUT2D eigenvalue weighted by atomic mass is 35.5. The summed E-state index contributed by atoms with van der Waals surface area (Å²) in [5, 5.41) is 11.5. The summed E-state index contributed by atoms with van der Waals surface area (Å²) in [5.74, 6) is 1.15. The van der Waals surface area contributed by atoms with Gasteiger partial charge in [0, 0.05) is 15.6 Å². The van der Waals surface area contributed by atoms with Crippen LogP contribution in [0.4, 0.5) is 0 Å². The fourth-order valence-corrected chi connectivity index (χ4v) is 2.82. The molecule has 0 fully saturated rings. The highest BCUT2D eigenvalue weighted by Crippen LogP contribution is 2.39. The van der Waals surface area contributed by atoms with E-state index in [-0.39, 0.29) is 0 Å². The lowest BCUT2D eigenvalue weighted by Crippen LogP contribution is -2.05. The molecule has 0 aliphatic rings. The fraction of sp³-hybridized carbons (Fsp3) is 0.250. The van der Waals surface area contributed by atoms with Gasteiger partial charge in [0.2, 0.25) is 0 Å². The molecule has 0 aliphatic heterocycles. The molecule has 0 spiro atoms. The molecule has 2 aromatic carbocycles. The van der Waals surface area contributed by atoms with Crippen molar-refractivity contribution in [1.29, 1.82) is 0 Å². The first-order chi connectivity index (χ1) is 9.99. The highest BCUT2D eigenvalue weighted by molar-refractivity contribution is 6.36. The zero-order valence-electron chi connectivity index (χ0n) is 12.0. The predicted molar refractivity (Wildman–Crippen MR) is 84.8 cm³/mol. The molecule has 5 heteroatoms. The third-order valence-electron chi connectivity index (χ3n) is 3.34. The van der Waals surface area contributed by atoms with Crippen molar-refractivity contribution in [1.82, 2.24) is 0 Å². The van der Waals surface area contributed by atoms with Crippen LogP contribution >= 0.6 is 23.2 Å². The van der Waals surface area contributed by atoms with Gasteiger partial charge in [-0.1, -0.05) is 29.3 Å². The Labute approximate surface area is 134 Å². The van der Waals surface area contributed by atoms with E-state index < -0.39 is 6.10 Å². The lowest BCUT2D eigenvalue weighted by molar-refractivity contribution is 0.219. The van der Waals surface area contributed by atoms with E-state index in [1.54, 1.807) is 38.5 Å². The second-order valence-corrected chi connectivity index (χ2v) is 5.42. The van der Waals surface area contributed by atoms with Crippen LogP contribution in [0, 0.1) is 6.92 Å². The maximum atomic E-state index is 10.7. The van der Waals surface area contributed by atoms with Crippen molar-refractivity contribution < 1.29 is 14.6 Å². The number of hydrogen-bond donors (Lipinski definition) is 1. The molecule has 0 bridgehead atoms. The lowest BCUT2D eigenvalue weighted by atomic mass is 9.96. The molecule has 0 aliphatic carbocycles. The number of benzene rings is 2. The Bertz CT molecular complexity index is 636. The zero-order chi connectivity index (χ0) is 15.6. The molecule has 21 heavy (non-hydrogen) atoms. The molecule has 0 heterocycles. The molecule has 3 nitrogen and oxygen atoms in total. The monoisotopic (exact) mass is 326 g/mol. The molecule has 0 saturated carbocycles. The van der Waals surface area contributed by atoms with Crippen molar-refractivity contribution in [3.8, 4) is 11.5 Å². The van der Waals surface area contributed by atoms with Gasteiger partial charge < -0.3 is 14.6 Å². The van der Waals surface area contributed by atoms with Gasteiger partial charge in [0.15, 0.2) is 11.5 Å². The van der Waals surface area contributed by atoms with E-state index in [0.717, 1.165) is 5.56 Å². The van der Waals surface area contributed by atoms with Crippen LogP contribution in [-0.4, -0.2) is 19.3 Å². The summed E-state index contributed by atoms with van der Waals surface area (Å²) in [6, 6.07) is 8.67. The van der Waals surface area contributed by atoms with Gasteiger partial charge in [-0.2, -0.15) is 0 Å². The molecule has 0 amide bonds. The maximum absolute atomic E-state index is 10.7. The van der Waals surface area contributed by atoms with Crippen molar-refractivity contribution in [3.63, 3.8) is 0 Å². The number of methoxy groups -OCH3 is 2. The minimum absolute atomic E-state index is 0.421. The Kier molecular flexibility index (Phi) is 4.99. The summed E-state index contributed by atoms with van der Waals surface area (Å²) < 4.78 is 10.5. The summed E-state index contributed by atoms with van der Waals surface area (Å²) in [6.45, 7) is 1.88. The molecule has 2 aromatic rings. The molecule has 1 unspecified atom stereocenters. The molecule has 0 saturated heterocycles. The summed E-state index contributed by atoms with van der Waals surface area (Å²) in [7, 11) is 3.12. The van der Waals surface area contributed by atoms with Crippen LogP contribution in [0.25, 0.3) is 0 Å². The second kappa shape index (κ2) is 6.56. The van der Waals surface area contributed by atoms with Crippen molar-refractivity contribution >= 4 is 23.2 Å². The van der Waals surface area contributed by atoms with Crippen LogP contribution in [0.1, 0.15) is 22.8 Å². The maximum Gasteiger partial charge on any atom is 0.161 e. The van der Waals surface area contributed by atoms with Crippen molar-refractivity contribution in [2.45, 2.75) is 13.0 Å². The fourth-order valence-electron chi connectivity index (χ4n) is 2.22. The standard InChI is InChI=1S/C16H16Cl2O3/c1-9-7-13(20-2)14(21-3)8-10(9)16(19)15-11(17)5-4-6-12(15)18/h4-8,16,19H,1-3H3. The SMILES string of the molecule is COc1cc(C)c(C(O)c2c(Cl)cccc2Cl)cc1OC. The average molecular weight is 327 g/mol. The van der Waals surface area contributed by atoms with Crippen LogP contribution in [0.2, 0.25) is 10.0 Å². The van der Waals surface area contributed by atoms with Crippen molar-refractivity contribution in [2.75, 3.05) is 14.2 Å². The Balaban J connectivity index is 2.56. The highest BCUT2D eigenvalue weighted by Gasteiger charge is 2.21. The van der Waals surface area contributed by atoms with E-state index in [4.69, 9.17) is 32.7 Å². The first-order valence-corrected chi connectivity index (χ1v) is 7.09. The van der Waals surface area contributed by atoms with Crippen LogP contribution in [0.3, 0.4) is 0 Å². The van der Waals surface area contributed by atoms with Crippen molar-refractivity contribution in [2.24, 2.45) is 0 Å². The Morgan fingerprint density at radius 2 is 1.52 bits per heavy atom. The van der Waals surface area contributed by atoms with Crippen LogP contribution in [0.15, 0.2) is 30.3 Å². The molecule has 2 rings (SSSR count). The van der Waals surface area contributed by atoms with Gasteiger partial charge in [-0.25, -0.2) is 0 Å². The van der Waals surface area contributed by atoms with Gasteiger partial charge in [-0.3, -0.25) is 0 Å². The molecular formula is C16H16Cl2O3. The number of hydrogen-bond acceptors (Lipinski definition) is 3. The first kappa shape index (κ1) is 16.0. The number of aliphatic hydroxyl groups excluding tert-OH is 1. The van der Waals surface area contributed by atoms with Crippen molar-refractivity contribution in [3.05, 3.63) is 57.1 Å². The van der Waals surface area contributed by atoms with E-state index in [9.17, 15) is 5.11 Å². The minimum atomic E-state index is -0.939. The number of halogens is 2. The predicted octanol–water partition coefficient (Wildman–Crippen LogP) is 4.40. The molecular weight excluding hydrogens is 311 g/mol. The second-order valence-electron chi connectivity index (χ2n) is 4.60. The summed E-state index contributed by atoms with van der Waals surface area (Å²) >= 11 is 12.3. The number of rotatable bonds is 4. The van der Waals surface area contributed by atoms with Gasteiger partial charge in [0.1, 0.15) is 6.10 Å². The van der Waals surface area contributed by atoms with Gasteiger partial charge >= 0.3 is 0 Å². The smallest absolute Gasteiger partial charge is 0.161 e. The minimum Gasteiger partial charge on any atom is -0.493 e. The molecule has 1 N–H and O–H groups in total. The summed E-state index contributed by atoms with van der Waals surface area (Å²) in [4.78, 5) is 0. The topological polar surface area (TPSA) is 38.7 Å². The lowest BCUT2D eigenvalue weighted by Gasteiger charge is -2.19. The van der Waals surface area contributed by atoms with Gasteiger partial charge in [-0.15, -0.1) is 0 Å². The summed E-state index contributed by atoms with van der Waals surface area (Å²) in [5.41, 5.74) is 2.01. The molecule has 0 radical (unpaired) electrons. The van der Waals surface area contributed by atoms with Gasteiger partial charge in [-0.05, 0) is 42.3 Å². The van der Waals surface area contributed by atoms with E-state index in [1.165, 1.54) is 0 Å². The Hall–Kier alpha value is -1.42. The quantitative estimate of drug-likeness (QED) is 0.904. The number of ether oxygens (including phenoxy) is 2. The largest absolute Gasteiger partial charge is 0.493 e. The molecule has 0 aromatic heterocycles. The van der Waals surface area contributed by atoms with Crippen LogP contribution in [-0.2, 0) is 0 Å². The van der Waals surface area contributed by atoms with Gasteiger partial charge in [0.05, 0.1) is 14.2 Å². The Morgan fingerprint density at radius 1 is 1.00 bits per heavy atom. The van der Waals surface area contributed by atoms with E-state index in [2.05, 4.69) is 0 Å². The number of aliphatic hydroxyl groups is 1. The average Bonchev–Trinajstić information content (AvgIpc) is 2.46. The van der Waals surface area contributed by atoms with E-state index in [0.29, 0.717) is 32.7 Å². The van der Waals surface area contributed by atoms with Crippen LogP contribution < -0.4 is 9.47 Å². The summed E-state index contributed by atoms with van der Waals surface area (Å²) in [6.07, 6.45) is -0.939. The zero-order valence-corrected chi connectivity index (χ0v) is 13.5. The first-order valence-electron chi connectivity index (χ1n) is 6.34. The van der Waals surface area contributed by atoms with Crippen LogP contribution in [0.5, 0.6) is 11.5 Å². The molecule has 1 atom stereocenters.